The molecule has 1 saturated heterocycles. The van der Waals surface area contributed by atoms with Gasteiger partial charge in [0.2, 0.25) is 0 Å². The Hall–Kier alpha value is -1.64. The first-order chi connectivity index (χ1) is 10.7. The first kappa shape index (κ1) is 17.7. The summed E-state index contributed by atoms with van der Waals surface area (Å²) in [5.41, 5.74) is 0.0746. The average Bonchev–Trinajstić information content (AvgIpc) is 2.45. The normalized spacial score (nSPS) is 18.7. The van der Waals surface area contributed by atoms with Crippen molar-refractivity contribution in [3.63, 3.8) is 0 Å². The van der Waals surface area contributed by atoms with Gasteiger partial charge in [-0.05, 0) is 18.2 Å². The molecule has 9 heteroatoms. The lowest BCUT2D eigenvalue weighted by Crippen LogP contribution is -2.46. The van der Waals surface area contributed by atoms with Crippen LogP contribution >= 0.6 is 11.6 Å². The Kier molecular flexibility index (Phi) is 5.28. The number of carbonyl (C=O) groups excluding carboxylic acids is 1. The molecule has 0 radical (unpaired) electrons. The maximum Gasteiger partial charge on any atom is 0.306 e. The minimum Gasteiger partial charge on any atom is -0.481 e. The summed E-state index contributed by atoms with van der Waals surface area (Å²) in [4.78, 5) is 24.7. The molecule has 0 aliphatic carbocycles. The number of carboxylic acid groups (broad SMARTS) is 1. The number of benzene rings is 1. The van der Waals surface area contributed by atoms with Gasteiger partial charge in [0.05, 0.1) is 34.6 Å². The number of ether oxygens (including phenoxy) is 1. The maximum absolute atomic E-state index is 12.6. The molecule has 1 N–H and O–H groups in total. The molecule has 0 spiro atoms. The Labute approximate surface area is 138 Å². The quantitative estimate of drug-likeness (QED) is 0.860. The van der Waals surface area contributed by atoms with Crippen molar-refractivity contribution in [3.8, 4) is 0 Å². The Morgan fingerprint density at radius 3 is 2.74 bits per heavy atom. The van der Waals surface area contributed by atoms with Gasteiger partial charge in [-0.2, -0.15) is 0 Å². The molecule has 1 aliphatic rings. The van der Waals surface area contributed by atoms with Crippen LogP contribution in [0.4, 0.5) is 0 Å². The maximum atomic E-state index is 12.6. The fraction of sp³-hybridized carbons (Fsp3) is 0.429. The highest BCUT2D eigenvalue weighted by Gasteiger charge is 2.28. The van der Waals surface area contributed by atoms with E-state index in [-0.39, 0.29) is 41.6 Å². The van der Waals surface area contributed by atoms with Crippen LogP contribution < -0.4 is 0 Å². The van der Waals surface area contributed by atoms with Gasteiger partial charge >= 0.3 is 5.97 Å². The van der Waals surface area contributed by atoms with E-state index in [0.29, 0.717) is 0 Å². The predicted molar refractivity (Wildman–Crippen MR) is 82.5 cm³/mol. The number of aliphatic carboxylic acids is 1. The summed E-state index contributed by atoms with van der Waals surface area (Å²) in [7, 11) is -3.46. The molecular formula is C14H16ClNO6S. The summed E-state index contributed by atoms with van der Waals surface area (Å²) >= 11 is 6.01. The SMILES string of the molecule is CS(=O)(=O)c1ccc(Cl)c(C(=O)N2CCOC(CC(=O)O)C2)c1. The molecule has 1 aromatic rings. The van der Waals surface area contributed by atoms with Gasteiger partial charge in [-0.3, -0.25) is 9.59 Å². The molecule has 0 bridgehead atoms. The van der Waals surface area contributed by atoms with Crippen LogP contribution in [0.5, 0.6) is 0 Å². The van der Waals surface area contributed by atoms with Crippen molar-refractivity contribution in [2.24, 2.45) is 0 Å². The van der Waals surface area contributed by atoms with Crippen LogP contribution in [0.3, 0.4) is 0 Å². The Balaban J connectivity index is 2.24. The fourth-order valence-electron chi connectivity index (χ4n) is 2.29. The third-order valence-electron chi connectivity index (χ3n) is 3.42. The second-order valence-electron chi connectivity index (χ2n) is 5.26. The Morgan fingerprint density at radius 1 is 1.43 bits per heavy atom. The lowest BCUT2D eigenvalue weighted by molar-refractivity contribution is -0.141. The molecule has 1 atom stereocenters. The summed E-state index contributed by atoms with van der Waals surface area (Å²) in [6.07, 6.45) is 0.241. The molecule has 1 unspecified atom stereocenters. The summed E-state index contributed by atoms with van der Waals surface area (Å²) in [5.74, 6) is -1.46. The number of halogens is 1. The van der Waals surface area contributed by atoms with Gasteiger partial charge in [0.15, 0.2) is 9.84 Å². The van der Waals surface area contributed by atoms with Crippen molar-refractivity contribution in [3.05, 3.63) is 28.8 Å². The van der Waals surface area contributed by atoms with Crippen molar-refractivity contribution in [1.82, 2.24) is 4.90 Å². The standard InChI is InChI=1S/C14H16ClNO6S/c1-23(20,21)10-2-3-12(15)11(7-10)14(19)16-4-5-22-9(8-16)6-13(17)18/h2-3,7,9H,4-6,8H2,1H3,(H,17,18). The smallest absolute Gasteiger partial charge is 0.306 e. The molecule has 7 nitrogen and oxygen atoms in total. The van der Waals surface area contributed by atoms with Crippen LogP contribution in [0.25, 0.3) is 0 Å². The van der Waals surface area contributed by atoms with E-state index >= 15 is 0 Å². The van der Waals surface area contributed by atoms with E-state index in [9.17, 15) is 18.0 Å². The van der Waals surface area contributed by atoms with Crippen molar-refractivity contribution in [1.29, 1.82) is 0 Å². The highest BCUT2D eigenvalue weighted by Crippen LogP contribution is 2.23. The number of carbonyl (C=O) groups is 2. The van der Waals surface area contributed by atoms with Crippen LogP contribution in [0, 0.1) is 0 Å². The second kappa shape index (κ2) is 6.86. The summed E-state index contributed by atoms with van der Waals surface area (Å²) in [6, 6.07) is 3.93. The number of hydrogen-bond acceptors (Lipinski definition) is 5. The van der Waals surface area contributed by atoms with E-state index in [2.05, 4.69) is 0 Å². The van der Waals surface area contributed by atoms with Gasteiger partial charge in [0.1, 0.15) is 0 Å². The third kappa shape index (κ3) is 4.43. The first-order valence-electron chi connectivity index (χ1n) is 6.81. The topological polar surface area (TPSA) is 101 Å². The molecule has 0 aromatic heterocycles. The van der Waals surface area contributed by atoms with Gasteiger partial charge in [0, 0.05) is 19.3 Å². The van der Waals surface area contributed by atoms with Gasteiger partial charge in [-0.1, -0.05) is 11.6 Å². The number of carboxylic acids is 1. The molecular weight excluding hydrogens is 346 g/mol. The lowest BCUT2D eigenvalue weighted by Gasteiger charge is -2.32. The van der Waals surface area contributed by atoms with Crippen LogP contribution in [-0.4, -0.2) is 62.4 Å². The van der Waals surface area contributed by atoms with E-state index < -0.39 is 27.8 Å². The van der Waals surface area contributed by atoms with E-state index in [1.54, 1.807) is 0 Å². The number of hydrogen-bond donors (Lipinski definition) is 1. The zero-order valence-electron chi connectivity index (χ0n) is 12.4. The second-order valence-corrected chi connectivity index (χ2v) is 7.68. The van der Waals surface area contributed by atoms with Crippen LogP contribution in [0.1, 0.15) is 16.8 Å². The van der Waals surface area contributed by atoms with Gasteiger partial charge in [-0.15, -0.1) is 0 Å². The monoisotopic (exact) mass is 361 g/mol. The molecule has 2 rings (SSSR count). The third-order valence-corrected chi connectivity index (χ3v) is 4.86. The largest absolute Gasteiger partial charge is 0.481 e. The molecule has 23 heavy (non-hydrogen) atoms. The van der Waals surface area contributed by atoms with E-state index in [1.165, 1.54) is 23.1 Å². The van der Waals surface area contributed by atoms with Crippen LogP contribution in [-0.2, 0) is 19.4 Å². The van der Waals surface area contributed by atoms with Gasteiger partial charge in [-0.25, -0.2) is 8.42 Å². The van der Waals surface area contributed by atoms with Gasteiger partial charge < -0.3 is 14.7 Å². The van der Waals surface area contributed by atoms with Crippen molar-refractivity contribution < 1.29 is 27.9 Å². The zero-order chi connectivity index (χ0) is 17.2. The molecule has 1 aliphatic heterocycles. The molecule has 126 valence electrons. The van der Waals surface area contributed by atoms with Crippen LogP contribution in [0.15, 0.2) is 23.1 Å². The van der Waals surface area contributed by atoms with E-state index in [1.807, 2.05) is 0 Å². The fourth-order valence-corrected chi connectivity index (χ4v) is 3.14. The number of nitrogens with zero attached hydrogens (tertiary/aromatic N) is 1. The summed E-state index contributed by atoms with van der Waals surface area (Å²) in [6.45, 7) is 0.617. The van der Waals surface area contributed by atoms with Crippen molar-refractivity contribution in [2.45, 2.75) is 17.4 Å². The molecule has 1 aromatic carbocycles. The number of sulfone groups is 1. The Bertz CT molecular complexity index is 733. The van der Waals surface area contributed by atoms with E-state index in [0.717, 1.165) is 6.26 Å². The minimum absolute atomic E-state index is 0.000551. The van der Waals surface area contributed by atoms with Crippen molar-refractivity contribution in [2.75, 3.05) is 26.0 Å². The van der Waals surface area contributed by atoms with Gasteiger partial charge in [0.25, 0.3) is 5.91 Å². The van der Waals surface area contributed by atoms with Crippen molar-refractivity contribution >= 4 is 33.3 Å². The molecule has 1 fully saturated rings. The number of amides is 1. The van der Waals surface area contributed by atoms with Crippen LogP contribution in [0.2, 0.25) is 5.02 Å². The lowest BCUT2D eigenvalue weighted by atomic mass is 10.1. The predicted octanol–water partition coefficient (Wildman–Crippen LogP) is 1.06. The Morgan fingerprint density at radius 2 is 2.13 bits per heavy atom. The number of rotatable bonds is 4. The molecule has 1 heterocycles. The molecule has 0 saturated carbocycles. The first-order valence-corrected chi connectivity index (χ1v) is 9.07. The highest BCUT2D eigenvalue weighted by molar-refractivity contribution is 7.90. The van der Waals surface area contributed by atoms with E-state index in [4.69, 9.17) is 21.4 Å². The summed E-state index contributed by atoms with van der Waals surface area (Å²) < 4.78 is 28.5. The minimum atomic E-state index is -3.46. The average molecular weight is 362 g/mol. The highest BCUT2D eigenvalue weighted by atomic mass is 35.5. The number of morpholine rings is 1. The zero-order valence-corrected chi connectivity index (χ0v) is 13.9. The molecule has 1 amide bonds. The summed E-state index contributed by atoms with van der Waals surface area (Å²) in [5, 5.41) is 8.95.